The highest BCUT2D eigenvalue weighted by atomic mass is 16.5. The molecule has 0 atom stereocenters. The molecule has 0 unspecified atom stereocenters. The maximum Gasteiger partial charge on any atom is 0.256 e. The number of carbonyl (C=O) groups excluding carboxylic acids is 2. The average Bonchev–Trinajstić information content (AvgIpc) is 2.04. The number of hydrogen-bond acceptors (Lipinski definition) is 3. The number of amides is 2. The Bertz CT molecular complexity index is 280. The summed E-state index contributed by atoms with van der Waals surface area (Å²) in [7, 11) is 0. The maximum atomic E-state index is 11.2. The predicted molar refractivity (Wildman–Crippen MR) is 40.2 cm³/mol. The monoisotopic (exact) mass is 167 g/mol. The van der Waals surface area contributed by atoms with Crippen molar-refractivity contribution in [1.29, 1.82) is 0 Å². The molecule has 2 rings (SSSR count). The number of nitrogens with one attached hydrogen (secondary N) is 1. The van der Waals surface area contributed by atoms with Crippen molar-refractivity contribution in [3.05, 3.63) is 11.1 Å². The molecule has 1 N–H and O–H groups in total. The van der Waals surface area contributed by atoms with Gasteiger partial charge in [0, 0.05) is 12.0 Å². The van der Waals surface area contributed by atoms with Crippen molar-refractivity contribution in [2.45, 2.75) is 12.8 Å². The lowest BCUT2D eigenvalue weighted by Gasteiger charge is -2.23. The van der Waals surface area contributed by atoms with Gasteiger partial charge in [0.2, 0.25) is 5.91 Å². The van der Waals surface area contributed by atoms with Crippen LogP contribution in [0.25, 0.3) is 0 Å². The SMILES string of the molecule is O=C1CC2=C(COCC2)C(=O)N1. The van der Waals surface area contributed by atoms with Gasteiger partial charge in [0.05, 0.1) is 13.2 Å². The third-order valence-electron chi connectivity index (χ3n) is 2.12. The van der Waals surface area contributed by atoms with Gasteiger partial charge in [-0.3, -0.25) is 14.9 Å². The van der Waals surface area contributed by atoms with E-state index in [1.54, 1.807) is 0 Å². The van der Waals surface area contributed by atoms with Crippen LogP contribution in [0.15, 0.2) is 11.1 Å². The quantitative estimate of drug-likeness (QED) is 0.506. The van der Waals surface area contributed by atoms with Gasteiger partial charge in [-0.25, -0.2) is 0 Å². The number of imide groups is 1. The zero-order valence-corrected chi connectivity index (χ0v) is 6.55. The summed E-state index contributed by atoms with van der Waals surface area (Å²) >= 11 is 0. The Morgan fingerprint density at radius 1 is 1.33 bits per heavy atom. The summed E-state index contributed by atoms with van der Waals surface area (Å²) in [6.07, 6.45) is 1.08. The van der Waals surface area contributed by atoms with Gasteiger partial charge in [0.15, 0.2) is 0 Å². The van der Waals surface area contributed by atoms with Crippen LogP contribution < -0.4 is 5.32 Å². The summed E-state index contributed by atoms with van der Waals surface area (Å²) in [5.41, 5.74) is 1.61. The highest BCUT2D eigenvalue weighted by molar-refractivity contribution is 6.08. The summed E-state index contributed by atoms with van der Waals surface area (Å²) in [6, 6.07) is 0. The standard InChI is InChI=1S/C8H9NO3/c10-7-3-5-1-2-12-4-6(5)8(11)9-7/h1-4H2,(H,9,10,11). The van der Waals surface area contributed by atoms with Crippen LogP contribution in [0.3, 0.4) is 0 Å². The maximum absolute atomic E-state index is 11.2. The number of ether oxygens (including phenoxy) is 1. The Kier molecular flexibility index (Phi) is 1.69. The van der Waals surface area contributed by atoms with E-state index in [2.05, 4.69) is 5.32 Å². The first-order chi connectivity index (χ1) is 5.77. The van der Waals surface area contributed by atoms with Crippen LogP contribution in [0.4, 0.5) is 0 Å². The molecular formula is C8H9NO3. The minimum atomic E-state index is -0.277. The van der Waals surface area contributed by atoms with Gasteiger partial charge in [-0.15, -0.1) is 0 Å². The summed E-state index contributed by atoms with van der Waals surface area (Å²) in [5, 5.41) is 2.26. The Labute approximate surface area is 69.6 Å². The van der Waals surface area contributed by atoms with Crippen LogP contribution >= 0.6 is 0 Å². The second kappa shape index (κ2) is 2.71. The van der Waals surface area contributed by atoms with Gasteiger partial charge in [-0.2, -0.15) is 0 Å². The van der Waals surface area contributed by atoms with Crippen LogP contribution in [0.5, 0.6) is 0 Å². The van der Waals surface area contributed by atoms with E-state index in [0.717, 1.165) is 5.57 Å². The molecule has 0 spiro atoms. The molecule has 0 saturated carbocycles. The van der Waals surface area contributed by atoms with Gasteiger partial charge in [0.25, 0.3) is 5.91 Å². The van der Waals surface area contributed by atoms with Crippen LogP contribution in [0.1, 0.15) is 12.8 Å². The fourth-order valence-corrected chi connectivity index (χ4v) is 1.48. The van der Waals surface area contributed by atoms with E-state index in [1.165, 1.54) is 0 Å². The summed E-state index contributed by atoms with van der Waals surface area (Å²) < 4.78 is 5.11. The lowest BCUT2D eigenvalue weighted by molar-refractivity contribution is -0.129. The van der Waals surface area contributed by atoms with Crippen LogP contribution in [-0.2, 0) is 14.3 Å². The van der Waals surface area contributed by atoms with Crippen LogP contribution in [-0.4, -0.2) is 25.0 Å². The Balaban J connectivity index is 2.32. The smallest absolute Gasteiger partial charge is 0.256 e. The summed E-state index contributed by atoms with van der Waals surface area (Å²) in [4.78, 5) is 22.1. The summed E-state index contributed by atoms with van der Waals surface area (Å²) in [6.45, 7) is 0.980. The molecule has 12 heavy (non-hydrogen) atoms. The molecule has 2 heterocycles. The van der Waals surface area contributed by atoms with Crippen molar-refractivity contribution in [2.24, 2.45) is 0 Å². The molecule has 0 aromatic carbocycles. The lowest BCUT2D eigenvalue weighted by Crippen LogP contribution is -2.39. The molecule has 2 aliphatic heterocycles. The topological polar surface area (TPSA) is 55.4 Å². The Hall–Kier alpha value is -1.16. The van der Waals surface area contributed by atoms with Crippen molar-refractivity contribution < 1.29 is 14.3 Å². The average molecular weight is 167 g/mol. The van der Waals surface area contributed by atoms with E-state index < -0.39 is 0 Å². The minimum absolute atomic E-state index is 0.194. The molecule has 0 radical (unpaired) electrons. The minimum Gasteiger partial charge on any atom is -0.376 e. The Morgan fingerprint density at radius 3 is 3.00 bits per heavy atom. The van der Waals surface area contributed by atoms with E-state index in [9.17, 15) is 9.59 Å². The van der Waals surface area contributed by atoms with Crippen LogP contribution in [0, 0.1) is 0 Å². The highest BCUT2D eigenvalue weighted by Crippen LogP contribution is 2.21. The lowest BCUT2D eigenvalue weighted by atomic mass is 9.96. The zero-order valence-electron chi connectivity index (χ0n) is 6.55. The number of hydrogen-bond donors (Lipinski definition) is 1. The van der Waals surface area contributed by atoms with Crippen molar-refractivity contribution in [3.8, 4) is 0 Å². The third kappa shape index (κ3) is 1.14. The molecule has 4 nitrogen and oxygen atoms in total. The molecule has 2 aliphatic rings. The first kappa shape index (κ1) is 7.49. The van der Waals surface area contributed by atoms with Gasteiger partial charge in [0.1, 0.15) is 0 Å². The fourth-order valence-electron chi connectivity index (χ4n) is 1.48. The van der Waals surface area contributed by atoms with Gasteiger partial charge in [-0.1, -0.05) is 0 Å². The van der Waals surface area contributed by atoms with Crippen LogP contribution in [0.2, 0.25) is 0 Å². The second-order valence-electron chi connectivity index (χ2n) is 2.94. The number of carbonyl (C=O) groups is 2. The van der Waals surface area contributed by atoms with E-state index in [-0.39, 0.29) is 11.8 Å². The van der Waals surface area contributed by atoms with E-state index in [4.69, 9.17) is 4.74 Å². The molecule has 64 valence electrons. The van der Waals surface area contributed by atoms with Crippen molar-refractivity contribution in [2.75, 3.05) is 13.2 Å². The highest BCUT2D eigenvalue weighted by Gasteiger charge is 2.26. The van der Waals surface area contributed by atoms with Gasteiger partial charge < -0.3 is 4.74 Å². The molecule has 0 aromatic heterocycles. The second-order valence-corrected chi connectivity index (χ2v) is 2.94. The molecule has 4 heteroatoms. The van der Waals surface area contributed by atoms with E-state index >= 15 is 0 Å². The van der Waals surface area contributed by atoms with Gasteiger partial charge in [-0.05, 0) is 12.0 Å². The van der Waals surface area contributed by atoms with Crippen molar-refractivity contribution in [1.82, 2.24) is 5.32 Å². The zero-order chi connectivity index (χ0) is 8.55. The largest absolute Gasteiger partial charge is 0.376 e. The van der Waals surface area contributed by atoms with Crippen molar-refractivity contribution in [3.63, 3.8) is 0 Å². The molecule has 0 aliphatic carbocycles. The summed E-state index contributed by atoms with van der Waals surface area (Å²) in [5.74, 6) is -0.471. The van der Waals surface area contributed by atoms with Gasteiger partial charge >= 0.3 is 0 Å². The first-order valence-corrected chi connectivity index (χ1v) is 3.90. The molecule has 2 amide bonds. The normalized spacial score (nSPS) is 23.7. The van der Waals surface area contributed by atoms with E-state index in [0.29, 0.717) is 31.6 Å². The number of rotatable bonds is 0. The van der Waals surface area contributed by atoms with Crippen molar-refractivity contribution >= 4 is 11.8 Å². The molecule has 0 saturated heterocycles. The third-order valence-corrected chi connectivity index (χ3v) is 2.12. The molecule has 0 aromatic rings. The molecule has 0 fully saturated rings. The Morgan fingerprint density at radius 2 is 2.17 bits per heavy atom. The van der Waals surface area contributed by atoms with E-state index in [1.807, 2.05) is 0 Å². The first-order valence-electron chi connectivity index (χ1n) is 3.90. The molecular weight excluding hydrogens is 158 g/mol. The molecule has 0 bridgehead atoms. The fraction of sp³-hybridized carbons (Fsp3) is 0.500. The predicted octanol–water partition coefficient (Wildman–Crippen LogP) is -0.250.